The molecule has 78 valence electrons. The summed E-state index contributed by atoms with van der Waals surface area (Å²) in [7, 11) is -3.00. The minimum Gasteiger partial charge on any atom is -0.252 e. The molecule has 0 radical (unpaired) electrons. The minimum atomic E-state index is -3.99. The Kier molecular flexibility index (Phi) is 3.63. The lowest BCUT2D eigenvalue weighted by atomic mass is 9.96. The second-order valence-electron chi connectivity index (χ2n) is 3.01. The van der Waals surface area contributed by atoms with E-state index in [9.17, 15) is 12.8 Å². The van der Waals surface area contributed by atoms with Crippen LogP contribution in [0.15, 0.2) is 0 Å². The van der Waals surface area contributed by atoms with Gasteiger partial charge in [0.2, 0.25) is 0 Å². The zero-order valence-electron chi connectivity index (χ0n) is 7.40. The molecule has 0 spiro atoms. The van der Waals surface area contributed by atoms with Crippen LogP contribution in [0.4, 0.5) is 4.39 Å². The summed E-state index contributed by atoms with van der Waals surface area (Å²) in [6.45, 7) is 0. The van der Waals surface area contributed by atoms with Crippen LogP contribution in [0.2, 0.25) is 0 Å². The van der Waals surface area contributed by atoms with Crippen LogP contribution in [-0.4, -0.2) is 27.8 Å². The van der Waals surface area contributed by atoms with Crippen molar-refractivity contribution in [2.24, 2.45) is 0 Å². The fourth-order valence-corrected chi connectivity index (χ4v) is 1.95. The number of hydrogen-bond acceptors (Lipinski definition) is 4. The first-order valence-electron chi connectivity index (χ1n) is 4.18. The highest BCUT2D eigenvalue weighted by molar-refractivity contribution is 7.81. The molecule has 0 aromatic carbocycles. The molecule has 1 aliphatic rings. The normalized spacial score (nSPS) is 30.3. The molecule has 0 aromatic rings. The van der Waals surface area contributed by atoms with Crippen molar-refractivity contribution in [1.82, 2.24) is 0 Å². The average molecular weight is 212 g/mol. The van der Waals surface area contributed by atoms with Crippen molar-refractivity contribution >= 4 is 10.4 Å². The van der Waals surface area contributed by atoms with E-state index in [1.54, 1.807) is 0 Å². The van der Waals surface area contributed by atoms with E-state index in [2.05, 4.69) is 8.37 Å². The third kappa shape index (κ3) is 3.21. The van der Waals surface area contributed by atoms with Crippen LogP contribution in [-0.2, 0) is 18.8 Å². The molecule has 1 saturated carbocycles. The van der Waals surface area contributed by atoms with Crippen molar-refractivity contribution in [3.63, 3.8) is 0 Å². The van der Waals surface area contributed by atoms with Crippen LogP contribution < -0.4 is 0 Å². The van der Waals surface area contributed by atoms with E-state index in [1.165, 1.54) is 0 Å². The highest BCUT2D eigenvalue weighted by atomic mass is 32.3. The van der Waals surface area contributed by atoms with E-state index >= 15 is 0 Å². The molecule has 4 nitrogen and oxygen atoms in total. The fourth-order valence-electron chi connectivity index (χ4n) is 1.35. The van der Waals surface area contributed by atoms with Crippen molar-refractivity contribution in [3.8, 4) is 0 Å². The van der Waals surface area contributed by atoms with Gasteiger partial charge in [0, 0.05) is 0 Å². The predicted octanol–water partition coefficient (Wildman–Crippen LogP) is 1.17. The molecule has 1 aliphatic carbocycles. The van der Waals surface area contributed by atoms with Gasteiger partial charge in [0.05, 0.1) is 7.11 Å². The lowest BCUT2D eigenvalue weighted by molar-refractivity contribution is 0.0558. The summed E-state index contributed by atoms with van der Waals surface area (Å²) in [5.74, 6) is 0. The Morgan fingerprint density at radius 2 is 1.92 bits per heavy atom. The molecule has 0 bridgehead atoms. The van der Waals surface area contributed by atoms with Crippen LogP contribution in [0.3, 0.4) is 0 Å². The molecule has 2 unspecified atom stereocenters. The summed E-state index contributed by atoms with van der Waals surface area (Å²) in [6.07, 6.45) is 0.323. The Balaban J connectivity index is 2.52. The van der Waals surface area contributed by atoms with Crippen molar-refractivity contribution in [2.75, 3.05) is 7.11 Å². The van der Waals surface area contributed by atoms with Gasteiger partial charge in [-0.05, 0) is 12.8 Å². The monoisotopic (exact) mass is 212 g/mol. The van der Waals surface area contributed by atoms with Crippen LogP contribution in [0.25, 0.3) is 0 Å². The van der Waals surface area contributed by atoms with E-state index in [0.717, 1.165) is 20.0 Å². The maximum absolute atomic E-state index is 13.1. The highest BCUT2D eigenvalue weighted by Crippen LogP contribution is 2.25. The van der Waals surface area contributed by atoms with E-state index in [-0.39, 0.29) is 0 Å². The summed E-state index contributed by atoms with van der Waals surface area (Å²) in [6, 6.07) is 0. The van der Waals surface area contributed by atoms with Gasteiger partial charge in [-0.15, -0.1) is 0 Å². The van der Waals surface area contributed by atoms with Gasteiger partial charge in [0.1, 0.15) is 12.3 Å². The molecule has 1 rings (SSSR count). The number of alkyl halides is 1. The Morgan fingerprint density at radius 3 is 2.46 bits per heavy atom. The molecule has 0 aromatic heterocycles. The van der Waals surface area contributed by atoms with Gasteiger partial charge in [-0.1, -0.05) is 12.8 Å². The molecule has 0 saturated heterocycles. The highest BCUT2D eigenvalue weighted by Gasteiger charge is 2.30. The van der Waals surface area contributed by atoms with Gasteiger partial charge < -0.3 is 0 Å². The zero-order valence-corrected chi connectivity index (χ0v) is 8.22. The van der Waals surface area contributed by atoms with E-state index in [4.69, 9.17) is 0 Å². The lowest BCUT2D eigenvalue weighted by Crippen LogP contribution is -2.31. The largest absolute Gasteiger partial charge is 0.399 e. The van der Waals surface area contributed by atoms with Crippen LogP contribution in [0, 0.1) is 0 Å². The maximum Gasteiger partial charge on any atom is 0.399 e. The smallest absolute Gasteiger partial charge is 0.252 e. The molecular weight excluding hydrogens is 199 g/mol. The average Bonchev–Trinajstić information content (AvgIpc) is 2.09. The standard InChI is InChI=1S/C7H13FO4S/c1-11-13(9,10)12-7-5-3-2-4-6(7)8/h6-7H,2-5H2,1H3. The van der Waals surface area contributed by atoms with Crippen molar-refractivity contribution in [1.29, 1.82) is 0 Å². The Bertz CT molecular complexity index is 251. The van der Waals surface area contributed by atoms with Crippen molar-refractivity contribution in [3.05, 3.63) is 0 Å². The van der Waals surface area contributed by atoms with Gasteiger partial charge in [-0.3, -0.25) is 4.18 Å². The molecule has 0 N–H and O–H groups in total. The fraction of sp³-hybridized carbons (Fsp3) is 1.00. The Morgan fingerprint density at radius 1 is 1.31 bits per heavy atom. The molecule has 0 amide bonds. The first-order valence-corrected chi connectivity index (χ1v) is 5.51. The molecule has 1 fully saturated rings. The third-order valence-corrected chi connectivity index (χ3v) is 2.96. The van der Waals surface area contributed by atoms with Crippen molar-refractivity contribution in [2.45, 2.75) is 38.0 Å². The number of hydrogen-bond donors (Lipinski definition) is 0. The number of halogens is 1. The molecular formula is C7H13FO4S. The van der Waals surface area contributed by atoms with Gasteiger partial charge in [0.25, 0.3) is 0 Å². The van der Waals surface area contributed by atoms with Crippen LogP contribution in [0.1, 0.15) is 25.7 Å². The van der Waals surface area contributed by atoms with E-state index < -0.39 is 22.7 Å². The molecule has 13 heavy (non-hydrogen) atoms. The molecule has 2 atom stereocenters. The summed E-state index contributed by atoms with van der Waals surface area (Å²) in [5, 5.41) is 0. The Hall–Kier alpha value is -0.200. The second-order valence-corrected chi connectivity index (χ2v) is 4.35. The third-order valence-electron chi connectivity index (χ3n) is 2.07. The SMILES string of the molecule is COS(=O)(=O)OC1CCCCC1F. The quantitative estimate of drug-likeness (QED) is 0.704. The summed E-state index contributed by atoms with van der Waals surface area (Å²) in [5.41, 5.74) is 0. The molecule has 0 aliphatic heterocycles. The summed E-state index contributed by atoms with van der Waals surface area (Å²) in [4.78, 5) is 0. The summed E-state index contributed by atoms with van der Waals surface area (Å²) < 4.78 is 43.3. The predicted molar refractivity (Wildman–Crippen MR) is 44.2 cm³/mol. The first-order chi connectivity index (χ1) is 6.05. The van der Waals surface area contributed by atoms with Crippen LogP contribution in [0.5, 0.6) is 0 Å². The van der Waals surface area contributed by atoms with Gasteiger partial charge in [-0.2, -0.15) is 8.42 Å². The maximum atomic E-state index is 13.1. The van der Waals surface area contributed by atoms with E-state index in [0.29, 0.717) is 12.8 Å². The van der Waals surface area contributed by atoms with Crippen molar-refractivity contribution < 1.29 is 21.2 Å². The molecule has 6 heteroatoms. The summed E-state index contributed by atoms with van der Waals surface area (Å²) >= 11 is 0. The van der Waals surface area contributed by atoms with Gasteiger partial charge >= 0.3 is 10.4 Å². The minimum absolute atomic E-state index is 0.365. The second kappa shape index (κ2) is 4.34. The lowest BCUT2D eigenvalue weighted by Gasteiger charge is -2.24. The van der Waals surface area contributed by atoms with Crippen LogP contribution >= 0.6 is 0 Å². The van der Waals surface area contributed by atoms with Gasteiger partial charge in [0.15, 0.2) is 0 Å². The topological polar surface area (TPSA) is 52.6 Å². The molecule has 0 heterocycles. The number of rotatable bonds is 3. The Labute approximate surface area is 77.4 Å². The van der Waals surface area contributed by atoms with E-state index in [1.807, 2.05) is 0 Å². The first kappa shape index (κ1) is 10.9. The van der Waals surface area contributed by atoms with Gasteiger partial charge in [-0.25, -0.2) is 8.57 Å². The zero-order chi connectivity index (χ0) is 9.90.